The van der Waals surface area contributed by atoms with Gasteiger partial charge in [0.1, 0.15) is 10.7 Å². The van der Waals surface area contributed by atoms with Gasteiger partial charge in [0.05, 0.1) is 0 Å². The van der Waals surface area contributed by atoms with E-state index < -0.39 is 0 Å². The van der Waals surface area contributed by atoms with Gasteiger partial charge in [-0.3, -0.25) is 9.36 Å². The lowest BCUT2D eigenvalue weighted by Crippen LogP contribution is -1.93. The van der Waals surface area contributed by atoms with Crippen molar-refractivity contribution >= 4 is 15.9 Å². The molecule has 0 radical (unpaired) electrons. The van der Waals surface area contributed by atoms with Crippen molar-refractivity contribution in [2.24, 2.45) is 7.05 Å². The van der Waals surface area contributed by atoms with Crippen LogP contribution >= 0.6 is 15.9 Å². The van der Waals surface area contributed by atoms with E-state index in [1.807, 2.05) is 26.4 Å². The fourth-order valence-electron chi connectivity index (χ4n) is 1.68. The zero-order valence-corrected chi connectivity index (χ0v) is 11.3. The lowest BCUT2D eigenvalue weighted by atomic mass is 10.1. The van der Waals surface area contributed by atoms with E-state index in [1.165, 1.54) is 0 Å². The van der Waals surface area contributed by atoms with Crippen molar-refractivity contribution in [1.29, 1.82) is 5.26 Å². The van der Waals surface area contributed by atoms with Crippen LogP contribution in [0.25, 0.3) is 0 Å². The number of rotatable bonds is 3. The number of nitriles is 1. The van der Waals surface area contributed by atoms with E-state index in [9.17, 15) is 0 Å². The van der Waals surface area contributed by atoms with E-state index in [0.717, 1.165) is 22.3 Å². The summed E-state index contributed by atoms with van der Waals surface area (Å²) < 4.78 is 4.33. The van der Waals surface area contributed by atoms with Crippen LogP contribution in [0, 0.1) is 11.3 Å². The third-order valence-corrected chi connectivity index (χ3v) is 3.17. The van der Waals surface area contributed by atoms with Crippen LogP contribution in [0.4, 0.5) is 0 Å². The molecule has 2 aromatic rings. The molecule has 6 heteroatoms. The Kier molecular flexibility index (Phi) is 3.29. The Bertz CT molecular complexity index is 575. The molecule has 17 heavy (non-hydrogen) atoms. The van der Waals surface area contributed by atoms with Crippen molar-refractivity contribution in [2.45, 2.75) is 19.9 Å². The van der Waals surface area contributed by atoms with Gasteiger partial charge in [-0.1, -0.05) is 0 Å². The molecule has 0 aliphatic heterocycles. The molecule has 0 aliphatic rings. The molecule has 0 aliphatic carbocycles. The van der Waals surface area contributed by atoms with Crippen LogP contribution in [-0.4, -0.2) is 19.6 Å². The van der Waals surface area contributed by atoms with Gasteiger partial charge in [0, 0.05) is 43.5 Å². The third-order valence-electron chi connectivity index (χ3n) is 2.50. The molecule has 2 rings (SSSR count). The number of aryl methyl sites for hydroxylation is 2. The van der Waals surface area contributed by atoms with Crippen LogP contribution in [0.1, 0.15) is 23.7 Å². The minimum Gasteiger partial charge on any atom is -0.274 e. The van der Waals surface area contributed by atoms with Crippen molar-refractivity contribution in [3.63, 3.8) is 0 Å². The zero-order chi connectivity index (χ0) is 12.4. The topological polar surface area (TPSA) is 59.4 Å². The zero-order valence-electron chi connectivity index (χ0n) is 9.68. The fraction of sp³-hybridized carbons (Fsp3) is 0.364. The molecular formula is C11H12BrN5. The van der Waals surface area contributed by atoms with Crippen molar-refractivity contribution in [3.8, 4) is 6.07 Å². The van der Waals surface area contributed by atoms with Crippen LogP contribution < -0.4 is 0 Å². The van der Waals surface area contributed by atoms with Gasteiger partial charge in [-0.2, -0.15) is 15.5 Å². The van der Waals surface area contributed by atoms with Gasteiger partial charge in [0.2, 0.25) is 0 Å². The normalized spacial score (nSPS) is 10.5. The summed E-state index contributed by atoms with van der Waals surface area (Å²) in [5.74, 6) is 0. The maximum Gasteiger partial charge on any atom is 0.165 e. The largest absolute Gasteiger partial charge is 0.274 e. The molecular weight excluding hydrogens is 282 g/mol. The summed E-state index contributed by atoms with van der Waals surface area (Å²) in [4.78, 5) is 0. The number of nitrogens with zero attached hydrogens (tertiary/aromatic N) is 5. The first-order chi connectivity index (χ1) is 8.13. The van der Waals surface area contributed by atoms with E-state index in [-0.39, 0.29) is 0 Å². The van der Waals surface area contributed by atoms with Gasteiger partial charge < -0.3 is 0 Å². The second kappa shape index (κ2) is 4.72. The van der Waals surface area contributed by atoms with Gasteiger partial charge >= 0.3 is 0 Å². The highest BCUT2D eigenvalue weighted by molar-refractivity contribution is 9.10. The maximum atomic E-state index is 9.02. The summed E-state index contributed by atoms with van der Waals surface area (Å²) in [5.41, 5.74) is 2.48. The van der Waals surface area contributed by atoms with Gasteiger partial charge in [0.25, 0.3) is 0 Å². The molecule has 0 amide bonds. The Balaban J connectivity index is 2.32. The molecule has 5 nitrogen and oxygen atoms in total. The summed E-state index contributed by atoms with van der Waals surface area (Å²) in [5, 5.41) is 17.4. The smallest absolute Gasteiger partial charge is 0.165 e. The predicted octanol–water partition coefficient (Wildman–Crippen LogP) is 1.86. The van der Waals surface area contributed by atoms with E-state index in [1.54, 1.807) is 9.36 Å². The third kappa shape index (κ3) is 2.39. The summed E-state index contributed by atoms with van der Waals surface area (Å²) in [6, 6.07) is 2.12. The van der Waals surface area contributed by atoms with Crippen LogP contribution in [0.5, 0.6) is 0 Å². The number of aromatic nitrogens is 4. The molecule has 0 spiro atoms. The highest BCUT2D eigenvalue weighted by atomic mass is 79.9. The molecule has 2 heterocycles. The quantitative estimate of drug-likeness (QED) is 0.868. The van der Waals surface area contributed by atoms with Gasteiger partial charge in [0.15, 0.2) is 5.69 Å². The van der Waals surface area contributed by atoms with E-state index >= 15 is 0 Å². The Labute approximate surface area is 108 Å². The molecule has 0 aromatic carbocycles. The second-order valence-electron chi connectivity index (χ2n) is 3.77. The van der Waals surface area contributed by atoms with Gasteiger partial charge in [-0.15, -0.1) is 0 Å². The Morgan fingerprint density at radius 1 is 1.35 bits per heavy atom. The summed E-state index contributed by atoms with van der Waals surface area (Å²) in [6.07, 6.45) is 4.52. The second-order valence-corrected chi connectivity index (χ2v) is 4.52. The number of hydrogen-bond donors (Lipinski definition) is 0. The molecule has 0 saturated heterocycles. The average Bonchev–Trinajstić information content (AvgIpc) is 2.83. The predicted molar refractivity (Wildman–Crippen MR) is 66.3 cm³/mol. The monoisotopic (exact) mass is 293 g/mol. The lowest BCUT2D eigenvalue weighted by Gasteiger charge is -1.94. The standard InChI is InChI=1S/C11H12BrN5/c1-3-17-7-8(10(5-13)14-17)4-9-6-16(2)15-11(9)12/h6-7H,3-4H2,1-2H3. The number of hydrogen-bond acceptors (Lipinski definition) is 3. The lowest BCUT2D eigenvalue weighted by molar-refractivity contribution is 0.657. The minimum absolute atomic E-state index is 0.489. The molecule has 2 aromatic heterocycles. The SMILES string of the molecule is CCn1cc(Cc2cn(C)nc2Br)c(C#N)n1. The fourth-order valence-corrected chi connectivity index (χ4v) is 2.17. The average molecular weight is 294 g/mol. The first-order valence-corrected chi connectivity index (χ1v) is 6.07. The Morgan fingerprint density at radius 2 is 2.12 bits per heavy atom. The molecule has 0 saturated carbocycles. The van der Waals surface area contributed by atoms with E-state index in [2.05, 4.69) is 32.2 Å². The Hall–Kier alpha value is -1.61. The van der Waals surface area contributed by atoms with Gasteiger partial charge in [-0.05, 0) is 22.9 Å². The first-order valence-electron chi connectivity index (χ1n) is 5.28. The molecule has 0 unspecified atom stereocenters. The summed E-state index contributed by atoms with van der Waals surface area (Å²) in [7, 11) is 1.87. The molecule has 0 N–H and O–H groups in total. The van der Waals surface area contributed by atoms with E-state index in [0.29, 0.717) is 12.1 Å². The van der Waals surface area contributed by atoms with Crippen molar-refractivity contribution < 1.29 is 0 Å². The van der Waals surface area contributed by atoms with Crippen LogP contribution in [0.2, 0.25) is 0 Å². The molecule has 0 atom stereocenters. The molecule has 88 valence electrons. The van der Waals surface area contributed by atoms with Crippen LogP contribution in [-0.2, 0) is 20.0 Å². The van der Waals surface area contributed by atoms with E-state index in [4.69, 9.17) is 5.26 Å². The minimum atomic E-state index is 0.489. The molecule has 0 fully saturated rings. The van der Waals surface area contributed by atoms with Crippen molar-refractivity contribution in [2.75, 3.05) is 0 Å². The Morgan fingerprint density at radius 3 is 2.65 bits per heavy atom. The summed E-state index contributed by atoms with van der Waals surface area (Å²) in [6.45, 7) is 2.76. The van der Waals surface area contributed by atoms with Crippen LogP contribution in [0.15, 0.2) is 17.0 Å². The highest BCUT2D eigenvalue weighted by Crippen LogP contribution is 2.19. The first kappa shape index (κ1) is 11.9. The highest BCUT2D eigenvalue weighted by Gasteiger charge is 2.12. The maximum absolute atomic E-state index is 9.02. The van der Waals surface area contributed by atoms with Crippen molar-refractivity contribution in [3.05, 3.63) is 33.8 Å². The van der Waals surface area contributed by atoms with Crippen molar-refractivity contribution in [1.82, 2.24) is 19.6 Å². The molecule has 0 bridgehead atoms. The number of halogens is 1. The van der Waals surface area contributed by atoms with Gasteiger partial charge in [-0.25, -0.2) is 0 Å². The summed E-state index contributed by atoms with van der Waals surface area (Å²) >= 11 is 3.40. The van der Waals surface area contributed by atoms with Crippen LogP contribution in [0.3, 0.4) is 0 Å².